The third-order valence-corrected chi connectivity index (χ3v) is 4.75. The van der Waals surface area contributed by atoms with E-state index in [0.29, 0.717) is 11.0 Å². The molecule has 0 unspecified atom stereocenters. The van der Waals surface area contributed by atoms with Crippen LogP contribution in [0.15, 0.2) is 59.8 Å². The molecule has 1 heterocycles. The van der Waals surface area contributed by atoms with Crippen molar-refractivity contribution in [1.82, 2.24) is 9.97 Å². The number of hydrogen-bond acceptors (Lipinski definition) is 7. The lowest BCUT2D eigenvalue weighted by molar-refractivity contribution is -0.119. The number of ether oxygens (including phenoxy) is 1. The summed E-state index contributed by atoms with van der Waals surface area (Å²) in [5.74, 6) is -1.35. The van der Waals surface area contributed by atoms with Crippen molar-refractivity contribution < 1.29 is 22.7 Å². The van der Waals surface area contributed by atoms with E-state index in [9.17, 15) is 18.0 Å². The molecule has 3 aromatic rings. The van der Waals surface area contributed by atoms with Crippen LogP contribution in [0.5, 0.6) is 0 Å². The third-order valence-electron chi connectivity index (χ3n) is 3.60. The average molecular weight is 385 g/mol. The van der Waals surface area contributed by atoms with E-state index < -0.39 is 28.3 Å². The normalized spacial score (nSPS) is 11.1. The van der Waals surface area contributed by atoms with Gasteiger partial charge in [0.1, 0.15) is 0 Å². The van der Waals surface area contributed by atoms with Crippen molar-refractivity contribution in [3.05, 3.63) is 60.4 Å². The predicted molar refractivity (Wildman–Crippen MR) is 98.0 cm³/mol. The Hall–Kier alpha value is -3.33. The summed E-state index contributed by atoms with van der Waals surface area (Å²) in [6.07, 6.45) is 4.09. The first kappa shape index (κ1) is 18.5. The average Bonchev–Trinajstić information content (AvgIpc) is 2.65. The number of nitrogens with zero attached hydrogens (tertiary/aromatic N) is 2. The smallest absolute Gasteiger partial charge is 0.338 e. The Morgan fingerprint density at radius 1 is 1.04 bits per heavy atom. The predicted octanol–water partition coefficient (Wildman–Crippen LogP) is 1.83. The van der Waals surface area contributed by atoms with Crippen molar-refractivity contribution in [2.75, 3.05) is 18.2 Å². The summed E-state index contributed by atoms with van der Waals surface area (Å²) in [6.45, 7) is -0.560. The molecular weight excluding hydrogens is 370 g/mol. The molecule has 1 N–H and O–H groups in total. The van der Waals surface area contributed by atoms with Crippen molar-refractivity contribution in [2.24, 2.45) is 0 Å². The first-order chi connectivity index (χ1) is 12.8. The molecule has 0 spiro atoms. The zero-order chi connectivity index (χ0) is 19.4. The van der Waals surface area contributed by atoms with E-state index in [0.717, 1.165) is 6.26 Å². The molecule has 0 saturated heterocycles. The zero-order valence-corrected chi connectivity index (χ0v) is 15.1. The fourth-order valence-electron chi connectivity index (χ4n) is 2.38. The molecule has 1 aromatic heterocycles. The fourth-order valence-corrected chi connectivity index (χ4v) is 3.23. The Labute approximate surface area is 155 Å². The summed E-state index contributed by atoms with van der Waals surface area (Å²) >= 11 is 0. The van der Waals surface area contributed by atoms with E-state index in [4.69, 9.17) is 4.74 Å². The van der Waals surface area contributed by atoms with Crippen molar-refractivity contribution in [3.63, 3.8) is 0 Å². The number of anilines is 1. The second kappa shape index (κ2) is 7.50. The summed E-state index contributed by atoms with van der Waals surface area (Å²) in [5, 5.41) is 2.44. The SMILES string of the molecule is CS(=O)(=O)c1ccccc1NC(=O)COC(=O)c1ccc2nccnc2c1. The lowest BCUT2D eigenvalue weighted by Crippen LogP contribution is -2.22. The number of para-hydroxylation sites is 1. The summed E-state index contributed by atoms with van der Waals surface area (Å²) in [7, 11) is -3.51. The molecule has 27 heavy (non-hydrogen) atoms. The van der Waals surface area contributed by atoms with Gasteiger partial charge in [0.15, 0.2) is 16.4 Å². The highest BCUT2D eigenvalue weighted by atomic mass is 32.2. The van der Waals surface area contributed by atoms with Gasteiger partial charge in [-0.2, -0.15) is 0 Å². The largest absolute Gasteiger partial charge is 0.452 e. The van der Waals surface area contributed by atoms with Crippen LogP contribution in [0.1, 0.15) is 10.4 Å². The first-order valence-corrected chi connectivity index (χ1v) is 9.70. The number of carbonyl (C=O) groups is 2. The maximum absolute atomic E-state index is 12.1. The van der Waals surface area contributed by atoms with Crippen LogP contribution in [0.3, 0.4) is 0 Å². The molecule has 2 aromatic carbocycles. The molecule has 0 fully saturated rings. The number of hydrogen-bond donors (Lipinski definition) is 1. The number of benzene rings is 2. The fraction of sp³-hybridized carbons (Fsp3) is 0.111. The van der Waals surface area contributed by atoms with E-state index >= 15 is 0 Å². The van der Waals surface area contributed by atoms with Crippen LogP contribution < -0.4 is 5.32 Å². The van der Waals surface area contributed by atoms with Gasteiger partial charge in [-0.25, -0.2) is 13.2 Å². The highest BCUT2D eigenvalue weighted by Crippen LogP contribution is 2.20. The maximum Gasteiger partial charge on any atom is 0.338 e. The van der Waals surface area contributed by atoms with Gasteiger partial charge < -0.3 is 10.1 Å². The van der Waals surface area contributed by atoms with E-state index in [1.807, 2.05) is 0 Å². The number of fused-ring (bicyclic) bond motifs is 1. The minimum absolute atomic E-state index is 0.0159. The molecule has 0 bridgehead atoms. The van der Waals surface area contributed by atoms with Crippen molar-refractivity contribution in [1.29, 1.82) is 0 Å². The van der Waals surface area contributed by atoms with Gasteiger partial charge in [0.05, 0.1) is 27.2 Å². The number of esters is 1. The van der Waals surface area contributed by atoms with Gasteiger partial charge in [-0.1, -0.05) is 12.1 Å². The van der Waals surface area contributed by atoms with Crippen LogP contribution in [-0.2, 0) is 19.4 Å². The molecule has 0 aliphatic carbocycles. The van der Waals surface area contributed by atoms with Crippen molar-refractivity contribution in [3.8, 4) is 0 Å². The van der Waals surface area contributed by atoms with Crippen molar-refractivity contribution in [2.45, 2.75) is 4.90 Å². The molecule has 9 heteroatoms. The molecule has 0 radical (unpaired) electrons. The van der Waals surface area contributed by atoms with Gasteiger partial charge in [-0.3, -0.25) is 14.8 Å². The quantitative estimate of drug-likeness (QED) is 0.666. The third kappa shape index (κ3) is 4.45. The molecule has 3 rings (SSSR count). The van der Waals surface area contributed by atoms with Gasteiger partial charge in [0, 0.05) is 18.6 Å². The standard InChI is InChI=1S/C18H15N3O5S/c1-27(24,25)16-5-3-2-4-14(16)21-17(22)11-26-18(23)12-6-7-13-15(10-12)20-9-8-19-13/h2-10H,11H2,1H3,(H,21,22). The van der Waals surface area contributed by atoms with Gasteiger partial charge in [0.2, 0.25) is 0 Å². The lowest BCUT2D eigenvalue weighted by Gasteiger charge is -2.10. The molecule has 0 aliphatic rings. The second-order valence-electron chi connectivity index (χ2n) is 5.65. The Kier molecular flexibility index (Phi) is 5.13. The molecule has 1 amide bonds. The number of rotatable bonds is 5. The number of carbonyl (C=O) groups excluding carboxylic acids is 2. The highest BCUT2D eigenvalue weighted by Gasteiger charge is 2.16. The molecule has 0 atom stereocenters. The summed E-state index contributed by atoms with van der Waals surface area (Å²) in [6, 6.07) is 10.6. The van der Waals surface area contributed by atoms with E-state index in [-0.39, 0.29) is 16.1 Å². The summed E-state index contributed by atoms with van der Waals surface area (Å²) in [4.78, 5) is 32.3. The van der Waals surface area contributed by atoms with Crippen LogP contribution in [-0.4, -0.2) is 43.1 Å². The molecule has 8 nitrogen and oxygen atoms in total. The molecule has 0 aliphatic heterocycles. The molecule has 0 saturated carbocycles. The first-order valence-electron chi connectivity index (χ1n) is 7.81. The van der Waals surface area contributed by atoms with Crippen LogP contribution >= 0.6 is 0 Å². The van der Waals surface area contributed by atoms with Gasteiger partial charge in [0.25, 0.3) is 5.91 Å². The lowest BCUT2D eigenvalue weighted by atomic mass is 10.2. The van der Waals surface area contributed by atoms with E-state index in [2.05, 4.69) is 15.3 Å². The summed E-state index contributed by atoms with van der Waals surface area (Å²) in [5.41, 5.74) is 1.51. The monoisotopic (exact) mass is 385 g/mol. The Bertz CT molecular complexity index is 1130. The van der Waals surface area contributed by atoms with E-state index in [1.54, 1.807) is 24.4 Å². The van der Waals surface area contributed by atoms with E-state index in [1.165, 1.54) is 30.5 Å². The van der Waals surface area contributed by atoms with Crippen molar-refractivity contribution >= 4 is 38.4 Å². The number of sulfone groups is 1. The van der Waals surface area contributed by atoms with Crippen LogP contribution in [0.25, 0.3) is 11.0 Å². The maximum atomic E-state index is 12.1. The molecular formula is C18H15N3O5S. The Morgan fingerprint density at radius 2 is 1.74 bits per heavy atom. The molecule has 138 valence electrons. The Balaban J connectivity index is 1.66. The number of aromatic nitrogens is 2. The number of nitrogens with one attached hydrogen (secondary N) is 1. The topological polar surface area (TPSA) is 115 Å². The van der Waals surface area contributed by atoms with Crippen LogP contribution in [0.2, 0.25) is 0 Å². The highest BCUT2D eigenvalue weighted by molar-refractivity contribution is 7.90. The summed E-state index contributed by atoms with van der Waals surface area (Å²) < 4.78 is 28.5. The van der Waals surface area contributed by atoms with Crippen LogP contribution in [0, 0.1) is 0 Å². The van der Waals surface area contributed by atoms with Gasteiger partial charge in [-0.05, 0) is 30.3 Å². The minimum Gasteiger partial charge on any atom is -0.452 e. The minimum atomic E-state index is -3.51. The second-order valence-corrected chi connectivity index (χ2v) is 7.64. The Morgan fingerprint density at radius 3 is 2.48 bits per heavy atom. The van der Waals surface area contributed by atoms with Crippen LogP contribution in [0.4, 0.5) is 5.69 Å². The van der Waals surface area contributed by atoms with Gasteiger partial charge in [-0.15, -0.1) is 0 Å². The zero-order valence-electron chi connectivity index (χ0n) is 14.2. The van der Waals surface area contributed by atoms with Gasteiger partial charge >= 0.3 is 5.97 Å². The number of amides is 1.